The number of carboxylic acids is 1. The lowest BCUT2D eigenvalue weighted by Crippen LogP contribution is -2.17. The van der Waals surface area contributed by atoms with E-state index in [2.05, 4.69) is 4.74 Å². The summed E-state index contributed by atoms with van der Waals surface area (Å²) in [6, 6.07) is 4.74. The van der Waals surface area contributed by atoms with Crippen molar-refractivity contribution in [2.45, 2.75) is 20.2 Å². The number of alkyl halides is 3. The van der Waals surface area contributed by atoms with E-state index in [4.69, 9.17) is 23.2 Å². The van der Waals surface area contributed by atoms with E-state index in [1.165, 1.54) is 35.9 Å². The standard InChI is InChI=1S/C19H12Cl2F3NO4/c1-8-5-10(29-19(22,23)24)6-12-9(2)7-25(16(8)12)17(26)14-13(20)4-3-11(15(14)21)18(27)28/h3-7H,1-2H3,(H,27,28). The molecule has 10 heteroatoms. The van der Waals surface area contributed by atoms with Crippen molar-refractivity contribution in [2.24, 2.45) is 0 Å². The number of benzene rings is 2. The van der Waals surface area contributed by atoms with E-state index in [-0.39, 0.29) is 21.2 Å². The fourth-order valence-electron chi connectivity index (χ4n) is 3.08. The van der Waals surface area contributed by atoms with Gasteiger partial charge in [0.25, 0.3) is 5.91 Å². The number of ether oxygens (including phenoxy) is 1. The van der Waals surface area contributed by atoms with E-state index in [0.717, 1.165) is 6.07 Å². The smallest absolute Gasteiger partial charge is 0.478 e. The second-order valence-electron chi connectivity index (χ2n) is 6.26. The predicted molar refractivity (Wildman–Crippen MR) is 101 cm³/mol. The molecule has 1 heterocycles. The van der Waals surface area contributed by atoms with Crippen LogP contribution in [0.4, 0.5) is 13.2 Å². The SMILES string of the molecule is Cc1cn(C(=O)c2c(Cl)ccc(C(=O)O)c2Cl)c2c(C)cc(OC(F)(F)F)cc12. The average Bonchev–Trinajstić information content (AvgIpc) is 2.90. The highest BCUT2D eigenvalue weighted by molar-refractivity contribution is 6.41. The van der Waals surface area contributed by atoms with E-state index >= 15 is 0 Å². The van der Waals surface area contributed by atoms with E-state index < -0.39 is 24.0 Å². The number of hydrogen-bond acceptors (Lipinski definition) is 3. The molecule has 0 bridgehead atoms. The molecule has 0 aliphatic carbocycles. The molecule has 1 aromatic heterocycles. The van der Waals surface area contributed by atoms with Crippen molar-refractivity contribution < 1.29 is 32.6 Å². The molecule has 0 amide bonds. The third kappa shape index (κ3) is 3.90. The molecule has 0 spiro atoms. The fraction of sp³-hybridized carbons (Fsp3) is 0.158. The molecule has 0 saturated heterocycles. The minimum atomic E-state index is -4.86. The maximum absolute atomic E-state index is 13.1. The first-order chi connectivity index (χ1) is 13.4. The second-order valence-corrected chi connectivity index (χ2v) is 7.05. The summed E-state index contributed by atoms with van der Waals surface area (Å²) in [7, 11) is 0. The fourth-order valence-corrected chi connectivity index (χ4v) is 3.69. The van der Waals surface area contributed by atoms with Crippen LogP contribution in [0, 0.1) is 13.8 Å². The van der Waals surface area contributed by atoms with Gasteiger partial charge in [-0.1, -0.05) is 23.2 Å². The Kier molecular flexibility index (Phi) is 5.27. The number of carbonyl (C=O) groups is 2. The molecule has 0 radical (unpaired) electrons. The first-order valence-corrected chi connectivity index (χ1v) is 8.80. The molecule has 5 nitrogen and oxygen atoms in total. The lowest BCUT2D eigenvalue weighted by atomic mass is 10.1. The van der Waals surface area contributed by atoms with E-state index in [0.29, 0.717) is 22.0 Å². The van der Waals surface area contributed by atoms with Gasteiger partial charge in [0.15, 0.2) is 0 Å². The van der Waals surface area contributed by atoms with Crippen molar-refractivity contribution >= 4 is 46.0 Å². The molecule has 0 aliphatic heterocycles. The third-order valence-electron chi connectivity index (χ3n) is 4.25. The number of aromatic carboxylic acids is 1. The molecule has 0 saturated carbocycles. The predicted octanol–water partition coefficient (Wildman–Crippen LogP) is 5.85. The van der Waals surface area contributed by atoms with Crippen molar-refractivity contribution in [1.82, 2.24) is 4.57 Å². The minimum absolute atomic E-state index is 0.0563. The van der Waals surface area contributed by atoms with Crippen molar-refractivity contribution in [3.63, 3.8) is 0 Å². The van der Waals surface area contributed by atoms with E-state index in [1.54, 1.807) is 6.92 Å². The van der Waals surface area contributed by atoms with Gasteiger partial charge < -0.3 is 9.84 Å². The number of nitrogens with zero attached hydrogens (tertiary/aromatic N) is 1. The van der Waals surface area contributed by atoms with Gasteiger partial charge in [0.1, 0.15) is 5.75 Å². The van der Waals surface area contributed by atoms with Crippen molar-refractivity contribution in [2.75, 3.05) is 0 Å². The molecule has 0 aliphatic rings. The molecule has 3 rings (SSSR count). The van der Waals surface area contributed by atoms with Crippen LogP contribution >= 0.6 is 23.2 Å². The molecule has 2 aromatic carbocycles. The van der Waals surface area contributed by atoms with Gasteiger partial charge in [0.2, 0.25) is 0 Å². The van der Waals surface area contributed by atoms with Crippen LogP contribution < -0.4 is 4.74 Å². The van der Waals surface area contributed by atoms with Crippen LogP contribution in [0.2, 0.25) is 10.0 Å². The van der Waals surface area contributed by atoms with Crippen LogP contribution in [-0.4, -0.2) is 27.9 Å². The van der Waals surface area contributed by atoms with Crippen molar-refractivity contribution in [3.05, 3.63) is 62.8 Å². The summed E-state index contributed by atoms with van der Waals surface area (Å²) in [6.45, 7) is 3.13. The number of aryl methyl sites for hydroxylation is 2. The van der Waals surface area contributed by atoms with Crippen LogP contribution in [-0.2, 0) is 0 Å². The van der Waals surface area contributed by atoms with Crippen LogP contribution in [0.1, 0.15) is 31.8 Å². The molecule has 0 fully saturated rings. The van der Waals surface area contributed by atoms with Crippen LogP contribution in [0.3, 0.4) is 0 Å². The Morgan fingerprint density at radius 3 is 2.34 bits per heavy atom. The number of carboxylic acid groups (broad SMARTS) is 1. The second kappa shape index (κ2) is 7.27. The molecule has 3 aromatic rings. The summed E-state index contributed by atoms with van der Waals surface area (Å²) in [6.07, 6.45) is -3.44. The zero-order valence-corrected chi connectivity index (χ0v) is 16.4. The number of fused-ring (bicyclic) bond motifs is 1. The highest BCUT2D eigenvalue weighted by Crippen LogP contribution is 2.34. The average molecular weight is 446 g/mol. The number of halogens is 5. The number of aromatic nitrogens is 1. The third-order valence-corrected chi connectivity index (χ3v) is 4.96. The van der Waals surface area contributed by atoms with Gasteiger partial charge in [-0.3, -0.25) is 9.36 Å². The Morgan fingerprint density at radius 2 is 1.76 bits per heavy atom. The van der Waals surface area contributed by atoms with Crippen LogP contribution in [0.5, 0.6) is 5.75 Å². The number of rotatable bonds is 3. The lowest BCUT2D eigenvalue weighted by Gasteiger charge is -2.13. The zero-order valence-electron chi connectivity index (χ0n) is 14.9. The van der Waals surface area contributed by atoms with Gasteiger partial charge in [0, 0.05) is 11.6 Å². The molecular formula is C19H12Cl2F3NO4. The largest absolute Gasteiger partial charge is 0.573 e. The lowest BCUT2D eigenvalue weighted by molar-refractivity contribution is -0.274. The van der Waals surface area contributed by atoms with Crippen LogP contribution in [0.25, 0.3) is 10.9 Å². The van der Waals surface area contributed by atoms with Crippen LogP contribution in [0.15, 0.2) is 30.5 Å². The maximum atomic E-state index is 13.1. The highest BCUT2D eigenvalue weighted by atomic mass is 35.5. The monoisotopic (exact) mass is 445 g/mol. The van der Waals surface area contributed by atoms with Gasteiger partial charge in [-0.2, -0.15) is 0 Å². The Morgan fingerprint density at radius 1 is 1.10 bits per heavy atom. The highest BCUT2D eigenvalue weighted by Gasteiger charge is 2.32. The molecular weight excluding hydrogens is 434 g/mol. The van der Waals surface area contributed by atoms with Gasteiger partial charge >= 0.3 is 12.3 Å². The first-order valence-electron chi connectivity index (χ1n) is 8.04. The quantitative estimate of drug-likeness (QED) is 0.548. The molecule has 29 heavy (non-hydrogen) atoms. The topological polar surface area (TPSA) is 68.5 Å². The summed E-state index contributed by atoms with van der Waals surface area (Å²) in [4.78, 5) is 24.5. The summed E-state index contributed by atoms with van der Waals surface area (Å²) >= 11 is 12.2. The van der Waals surface area contributed by atoms with Crippen molar-refractivity contribution in [3.8, 4) is 5.75 Å². The Hall–Kier alpha value is -2.71. The number of carbonyl (C=O) groups excluding carboxylic acids is 1. The Balaban J connectivity index is 2.21. The molecule has 0 atom stereocenters. The van der Waals surface area contributed by atoms with Gasteiger partial charge in [-0.25, -0.2) is 4.79 Å². The summed E-state index contributed by atoms with van der Waals surface area (Å²) in [5.74, 6) is -2.46. The summed E-state index contributed by atoms with van der Waals surface area (Å²) < 4.78 is 42.8. The normalized spacial score (nSPS) is 11.7. The van der Waals surface area contributed by atoms with Crippen molar-refractivity contribution in [1.29, 1.82) is 0 Å². The first kappa shape index (κ1) is 21.0. The Bertz CT molecular complexity index is 1170. The van der Waals surface area contributed by atoms with Gasteiger partial charge in [-0.05, 0) is 49.2 Å². The summed E-state index contributed by atoms with van der Waals surface area (Å²) in [5.41, 5.74) is 0.649. The molecule has 1 N–H and O–H groups in total. The van der Waals surface area contributed by atoms with Gasteiger partial charge in [0.05, 0.1) is 26.7 Å². The maximum Gasteiger partial charge on any atom is 0.573 e. The van der Waals surface area contributed by atoms with Gasteiger partial charge in [-0.15, -0.1) is 13.2 Å². The Labute approximate surface area is 172 Å². The molecule has 0 unspecified atom stereocenters. The summed E-state index contributed by atoms with van der Waals surface area (Å²) in [5, 5.41) is 9.20. The number of hydrogen-bond donors (Lipinski definition) is 1. The van der Waals surface area contributed by atoms with E-state index in [1.807, 2.05) is 0 Å². The molecule has 152 valence electrons. The van der Waals surface area contributed by atoms with E-state index in [9.17, 15) is 27.9 Å². The zero-order chi connectivity index (χ0) is 21.7. The minimum Gasteiger partial charge on any atom is -0.478 e.